The molecule has 114 valence electrons. The standard InChI is InChI=1S/C18H26N2O/c1-17(2)15(19)18(3,4)16(17)20-14(21)13-10-12(13)11-8-6-5-7-9-11/h5-9,12-13,15-16H,10,19H2,1-4H3,(H,20,21). The number of nitrogens with one attached hydrogen (secondary N) is 1. The van der Waals surface area contributed by atoms with Gasteiger partial charge in [0, 0.05) is 28.8 Å². The highest BCUT2D eigenvalue weighted by molar-refractivity contribution is 5.83. The smallest absolute Gasteiger partial charge is 0.224 e. The first-order valence-corrected chi connectivity index (χ1v) is 7.87. The fourth-order valence-electron chi connectivity index (χ4n) is 4.36. The van der Waals surface area contributed by atoms with E-state index in [1.165, 1.54) is 5.56 Å². The second-order valence-corrected chi connectivity index (χ2v) is 7.92. The Morgan fingerprint density at radius 1 is 1.14 bits per heavy atom. The highest BCUT2D eigenvalue weighted by Crippen LogP contribution is 2.54. The summed E-state index contributed by atoms with van der Waals surface area (Å²) in [4.78, 5) is 12.5. The fourth-order valence-corrected chi connectivity index (χ4v) is 4.36. The molecule has 3 rings (SSSR count). The van der Waals surface area contributed by atoms with Crippen molar-refractivity contribution in [2.45, 2.75) is 52.1 Å². The quantitative estimate of drug-likeness (QED) is 0.897. The lowest BCUT2D eigenvalue weighted by Crippen LogP contribution is -2.76. The molecule has 0 spiro atoms. The van der Waals surface area contributed by atoms with E-state index in [0.29, 0.717) is 5.92 Å². The number of rotatable bonds is 3. The molecule has 3 nitrogen and oxygen atoms in total. The third-order valence-electron chi connectivity index (χ3n) is 5.73. The predicted octanol–water partition coefficient (Wildman–Crippen LogP) is 2.67. The molecule has 3 N–H and O–H groups in total. The second-order valence-electron chi connectivity index (χ2n) is 7.92. The number of carbonyl (C=O) groups is 1. The third kappa shape index (κ3) is 2.18. The lowest BCUT2D eigenvalue weighted by atomic mass is 9.48. The summed E-state index contributed by atoms with van der Waals surface area (Å²) in [6.07, 6.45) is 0.968. The molecular weight excluding hydrogens is 260 g/mol. The van der Waals surface area contributed by atoms with Gasteiger partial charge in [-0.1, -0.05) is 58.0 Å². The van der Waals surface area contributed by atoms with Gasteiger partial charge in [0.2, 0.25) is 5.91 Å². The summed E-state index contributed by atoms with van der Waals surface area (Å²) < 4.78 is 0. The summed E-state index contributed by atoms with van der Waals surface area (Å²) in [5.74, 6) is 0.726. The van der Waals surface area contributed by atoms with Crippen LogP contribution >= 0.6 is 0 Å². The van der Waals surface area contributed by atoms with Crippen molar-refractivity contribution in [3.63, 3.8) is 0 Å². The Bertz CT molecular complexity index is 534. The first-order valence-electron chi connectivity index (χ1n) is 7.87. The predicted molar refractivity (Wildman–Crippen MR) is 84.8 cm³/mol. The number of amides is 1. The van der Waals surface area contributed by atoms with E-state index < -0.39 is 0 Å². The molecule has 0 bridgehead atoms. The largest absolute Gasteiger partial charge is 0.352 e. The lowest BCUT2D eigenvalue weighted by molar-refractivity contribution is -0.133. The zero-order valence-electron chi connectivity index (χ0n) is 13.4. The van der Waals surface area contributed by atoms with Crippen LogP contribution in [0.5, 0.6) is 0 Å². The summed E-state index contributed by atoms with van der Waals surface area (Å²) in [5, 5.41) is 3.27. The highest BCUT2D eigenvalue weighted by Gasteiger charge is 2.61. The van der Waals surface area contributed by atoms with Crippen molar-refractivity contribution in [1.29, 1.82) is 0 Å². The summed E-state index contributed by atoms with van der Waals surface area (Å²) in [6, 6.07) is 10.6. The summed E-state index contributed by atoms with van der Waals surface area (Å²) >= 11 is 0. The van der Waals surface area contributed by atoms with Crippen LogP contribution in [0.15, 0.2) is 30.3 Å². The van der Waals surface area contributed by atoms with Crippen LogP contribution < -0.4 is 11.1 Å². The highest BCUT2D eigenvalue weighted by atomic mass is 16.2. The Morgan fingerprint density at radius 3 is 2.29 bits per heavy atom. The maximum atomic E-state index is 12.5. The van der Waals surface area contributed by atoms with Gasteiger partial charge in [0.05, 0.1) is 0 Å². The van der Waals surface area contributed by atoms with Gasteiger partial charge in [-0.2, -0.15) is 0 Å². The lowest BCUT2D eigenvalue weighted by Gasteiger charge is -2.63. The van der Waals surface area contributed by atoms with Gasteiger partial charge in [-0.25, -0.2) is 0 Å². The fraction of sp³-hybridized carbons (Fsp3) is 0.611. The van der Waals surface area contributed by atoms with Crippen LogP contribution in [0.25, 0.3) is 0 Å². The van der Waals surface area contributed by atoms with Crippen molar-refractivity contribution in [3.8, 4) is 0 Å². The molecule has 2 fully saturated rings. The Balaban J connectivity index is 1.64. The number of nitrogens with two attached hydrogens (primary N) is 1. The molecule has 2 aliphatic rings. The number of hydrogen-bond donors (Lipinski definition) is 2. The molecule has 2 saturated carbocycles. The van der Waals surface area contributed by atoms with E-state index >= 15 is 0 Å². The maximum absolute atomic E-state index is 12.5. The van der Waals surface area contributed by atoms with Gasteiger partial charge < -0.3 is 11.1 Å². The van der Waals surface area contributed by atoms with E-state index in [9.17, 15) is 4.79 Å². The first kappa shape index (κ1) is 14.6. The Morgan fingerprint density at radius 2 is 1.71 bits per heavy atom. The van der Waals surface area contributed by atoms with Gasteiger partial charge in [-0.05, 0) is 17.9 Å². The summed E-state index contributed by atoms with van der Waals surface area (Å²) in [6.45, 7) is 8.59. The van der Waals surface area contributed by atoms with Crippen molar-refractivity contribution in [2.24, 2.45) is 22.5 Å². The van der Waals surface area contributed by atoms with Crippen LogP contribution in [-0.2, 0) is 4.79 Å². The minimum absolute atomic E-state index is 0.0315. The second kappa shape index (κ2) is 4.57. The minimum atomic E-state index is -0.0315. The van der Waals surface area contributed by atoms with Crippen LogP contribution in [-0.4, -0.2) is 18.0 Å². The molecule has 0 heterocycles. The molecule has 21 heavy (non-hydrogen) atoms. The van der Waals surface area contributed by atoms with Gasteiger partial charge >= 0.3 is 0 Å². The minimum Gasteiger partial charge on any atom is -0.352 e. The topological polar surface area (TPSA) is 55.1 Å². The van der Waals surface area contributed by atoms with E-state index in [2.05, 4.69) is 45.1 Å². The van der Waals surface area contributed by atoms with Crippen LogP contribution in [0.3, 0.4) is 0 Å². The zero-order chi connectivity index (χ0) is 15.4. The SMILES string of the molecule is CC1(C)C(N)C(C)(C)C1NC(=O)C1CC1c1ccccc1. The average molecular weight is 286 g/mol. The van der Waals surface area contributed by atoms with Gasteiger partial charge in [0.1, 0.15) is 0 Å². The first-order chi connectivity index (χ1) is 9.76. The van der Waals surface area contributed by atoms with Gasteiger partial charge in [-0.15, -0.1) is 0 Å². The molecule has 0 aromatic heterocycles. The van der Waals surface area contributed by atoms with Crippen molar-refractivity contribution in [1.82, 2.24) is 5.32 Å². The zero-order valence-corrected chi connectivity index (χ0v) is 13.4. The molecule has 3 heteroatoms. The summed E-state index contributed by atoms with van der Waals surface area (Å²) in [5.41, 5.74) is 7.48. The molecule has 2 aliphatic carbocycles. The molecule has 1 aromatic carbocycles. The molecule has 0 saturated heterocycles. The number of hydrogen-bond acceptors (Lipinski definition) is 2. The maximum Gasteiger partial charge on any atom is 0.224 e. The average Bonchev–Trinajstić information content (AvgIpc) is 3.24. The third-order valence-corrected chi connectivity index (χ3v) is 5.73. The van der Waals surface area contributed by atoms with E-state index in [0.717, 1.165) is 6.42 Å². The number of carbonyl (C=O) groups excluding carboxylic acids is 1. The van der Waals surface area contributed by atoms with Crippen molar-refractivity contribution in [3.05, 3.63) is 35.9 Å². The monoisotopic (exact) mass is 286 g/mol. The van der Waals surface area contributed by atoms with Crippen LogP contribution in [0.1, 0.15) is 45.6 Å². The van der Waals surface area contributed by atoms with Crippen LogP contribution in [0.2, 0.25) is 0 Å². The molecule has 1 amide bonds. The Hall–Kier alpha value is -1.35. The molecule has 2 unspecified atom stereocenters. The van der Waals surface area contributed by atoms with Crippen LogP contribution in [0.4, 0.5) is 0 Å². The molecule has 0 radical (unpaired) electrons. The van der Waals surface area contributed by atoms with E-state index in [4.69, 9.17) is 5.73 Å². The van der Waals surface area contributed by atoms with Crippen LogP contribution in [0, 0.1) is 16.7 Å². The molecule has 2 atom stereocenters. The van der Waals surface area contributed by atoms with E-state index in [1.807, 2.05) is 18.2 Å². The van der Waals surface area contributed by atoms with Crippen molar-refractivity contribution in [2.75, 3.05) is 0 Å². The van der Waals surface area contributed by atoms with Gasteiger partial charge in [-0.3, -0.25) is 4.79 Å². The van der Waals surface area contributed by atoms with E-state index in [1.54, 1.807) is 0 Å². The molecular formula is C18H26N2O. The molecule has 1 aromatic rings. The van der Waals surface area contributed by atoms with E-state index in [-0.39, 0.29) is 34.7 Å². The van der Waals surface area contributed by atoms with Crippen molar-refractivity contribution < 1.29 is 4.79 Å². The Kier molecular flexibility index (Phi) is 3.17. The van der Waals surface area contributed by atoms with Crippen molar-refractivity contribution >= 4 is 5.91 Å². The normalized spacial score (nSPS) is 35.7. The van der Waals surface area contributed by atoms with Gasteiger partial charge in [0.25, 0.3) is 0 Å². The van der Waals surface area contributed by atoms with Gasteiger partial charge in [0.15, 0.2) is 0 Å². The Labute approximate surface area is 127 Å². The number of benzene rings is 1. The summed E-state index contributed by atoms with van der Waals surface area (Å²) in [7, 11) is 0. The molecule has 0 aliphatic heterocycles.